The van der Waals surface area contributed by atoms with Gasteiger partial charge in [-0.25, -0.2) is 4.98 Å². The molecule has 100 valence electrons. The van der Waals surface area contributed by atoms with Gasteiger partial charge in [-0.1, -0.05) is 19.9 Å². The van der Waals surface area contributed by atoms with Gasteiger partial charge in [0.25, 0.3) is 5.56 Å². The van der Waals surface area contributed by atoms with Crippen LogP contribution in [0.25, 0.3) is 0 Å². The second-order valence-electron chi connectivity index (χ2n) is 4.56. The minimum Gasteiger partial charge on any atom is -0.395 e. The normalized spacial score (nSPS) is 10.7. The summed E-state index contributed by atoms with van der Waals surface area (Å²) in [4.78, 5) is 18.1. The molecule has 0 atom stereocenters. The molecule has 1 N–H and O–H groups in total. The van der Waals surface area contributed by atoms with E-state index >= 15 is 0 Å². The van der Waals surface area contributed by atoms with Gasteiger partial charge in [-0.2, -0.15) is 0 Å². The predicted molar refractivity (Wildman–Crippen MR) is 72.8 cm³/mol. The fourth-order valence-corrected chi connectivity index (χ4v) is 1.75. The summed E-state index contributed by atoms with van der Waals surface area (Å²) >= 11 is 0. The van der Waals surface area contributed by atoms with Crippen LogP contribution in [0.4, 0.5) is 5.82 Å². The van der Waals surface area contributed by atoms with Crippen molar-refractivity contribution in [1.29, 1.82) is 0 Å². The van der Waals surface area contributed by atoms with Crippen molar-refractivity contribution in [3.8, 4) is 0 Å². The average Bonchev–Trinajstić information content (AvgIpc) is 2.31. The highest BCUT2D eigenvalue weighted by atomic mass is 16.3. The maximum atomic E-state index is 12.2. The van der Waals surface area contributed by atoms with E-state index in [9.17, 15) is 4.79 Å². The van der Waals surface area contributed by atoms with Crippen LogP contribution in [0.1, 0.15) is 13.8 Å². The molecule has 0 amide bonds. The maximum Gasteiger partial charge on any atom is 0.293 e. The van der Waals surface area contributed by atoms with Crippen LogP contribution >= 0.6 is 0 Å². The second-order valence-corrected chi connectivity index (χ2v) is 4.56. The Morgan fingerprint density at radius 1 is 1.61 bits per heavy atom. The molecular weight excluding hydrogens is 230 g/mol. The van der Waals surface area contributed by atoms with Crippen molar-refractivity contribution in [1.82, 2.24) is 9.55 Å². The van der Waals surface area contributed by atoms with Crippen molar-refractivity contribution in [3.63, 3.8) is 0 Å². The van der Waals surface area contributed by atoms with Crippen molar-refractivity contribution < 1.29 is 5.11 Å². The Morgan fingerprint density at radius 2 is 2.33 bits per heavy atom. The van der Waals surface area contributed by atoms with Crippen LogP contribution in [0.2, 0.25) is 0 Å². The molecule has 0 bridgehead atoms. The van der Waals surface area contributed by atoms with E-state index in [0.717, 1.165) is 0 Å². The minimum atomic E-state index is -0.124. The first kappa shape index (κ1) is 14.4. The van der Waals surface area contributed by atoms with Gasteiger partial charge in [0.15, 0.2) is 5.82 Å². The topological polar surface area (TPSA) is 58.4 Å². The molecule has 0 aliphatic rings. The smallest absolute Gasteiger partial charge is 0.293 e. The standard InChI is InChI=1S/C13H21N3O2/c1-4-6-15(8-9-17)12-13(18)16(7-5-14-12)10-11(2)3/h4-5,7,11,17H,1,6,8-10H2,2-3H3. The number of aromatic nitrogens is 2. The van der Waals surface area contributed by atoms with E-state index in [1.807, 2.05) is 0 Å². The van der Waals surface area contributed by atoms with Crippen LogP contribution < -0.4 is 10.5 Å². The zero-order valence-electron chi connectivity index (χ0n) is 11.0. The molecule has 0 aromatic carbocycles. The van der Waals surface area contributed by atoms with E-state index in [1.54, 1.807) is 27.9 Å². The summed E-state index contributed by atoms with van der Waals surface area (Å²) in [5.41, 5.74) is -0.124. The predicted octanol–water partition coefficient (Wildman–Crippen LogP) is 0.884. The van der Waals surface area contributed by atoms with Gasteiger partial charge in [0.05, 0.1) is 6.61 Å². The second kappa shape index (κ2) is 6.96. The molecule has 0 unspecified atom stereocenters. The molecule has 5 nitrogen and oxygen atoms in total. The molecule has 5 heteroatoms. The molecular formula is C13H21N3O2. The SMILES string of the molecule is C=CCN(CCO)c1nccn(CC(C)C)c1=O. The lowest BCUT2D eigenvalue weighted by Gasteiger charge is -2.21. The molecule has 0 saturated heterocycles. The third-order valence-electron chi connectivity index (χ3n) is 2.48. The van der Waals surface area contributed by atoms with Crippen molar-refractivity contribution in [2.75, 3.05) is 24.6 Å². The first-order chi connectivity index (χ1) is 8.60. The van der Waals surface area contributed by atoms with Gasteiger partial charge in [0.2, 0.25) is 0 Å². The molecule has 0 aliphatic carbocycles. The lowest BCUT2D eigenvalue weighted by atomic mass is 10.2. The number of anilines is 1. The lowest BCUT2D eigenvalue weighted by molar-refractivity contribution is 0.302. The molecule has 0 saturated carbocycles. The maximum absolute atomic E-state index is 12.2. The number of hydrogen-bond acceptors (Lipinski definition) is 4. The fourth-order valence-electron chi connectivity index (χ4n) is 1.75. The summed E-state index contributed by atoms with van der Waals surface area (Å²) in [6, 6.07) is 0. The summed E-state index contributed by atoms with van der Waals surface area (Å²) in [7, 11) is 0. The Morgan fingerprint density at radius 3 is 2.89 bits per heavy atom. The quantitative estimate of drug-likeness (QED) is 0.731. The van der Waals surface area contributed by atoms with Crippen molar-refractivity contribution in [2.24, 2.45) is 5.92 Å². The number of rotatable bonds is 7. The highest BCUT2D eigenvalue weighted by molar-refractivity contribution is 5.36. The van der Waals surface area contributed by atoms with E-state index in [4.69, 9.17) is 5.11 Å². The highest BCUT2D eigenvalue weighted by Gasteiger charge is 2.12. The molecule has 0 fully saturated rings. The third-order valence-corrected chi connectivity index (χ3v) is 2.48. The summed E-state index contributed by atoms with van der Waals surface area (Å²) in [6.07, 6.45) is 5.00. The summed E-state index contributed by atoms with van der Waals surface area (Å²) in [5, 5.41) is 9.02. The lowest BCUT2D eigenvalue weighted by Crippen LogP contribution is -2.35. The Balaban J connectivity index is 3.07. The Bertz CT molecular complexity index is 440. The van der Waals surface area contributed by atoms with Crippen LogP contribution in [-0.4, -0.2) is 34.4 Å². The van der Waals surface area contributed by atoms with Gasteiger partial charge in [-0.15, -0.1) is 6.58 Å². The summed E-state index contributed by atoms with van der Waals surface area (Å²) in [6.45, 7) is 9.28. The Hall–Kier alpha value is -1.62. The van der Waals surface area contributed by atoms with Crippen LogP contribution in [0, 0.1) is 5.92 Å². The van der Waals surface area contributed by atoms with Crippen LogP contribution in [-0.2, 0) is 6.54 Å². The fraction of sp³-hybridized carbons (Fsp3) is 0.538. The van der Waals surface area contributed by atoms with Gasteiger partial charge >= 0.3 is 0 Å². The van der Waals surface area contributed by atoms with Gasteiger partial charge in [0.1, 0.15) is 0 Å². The molecule has 1 aromatic heterocycles. The number of aliphatic hydroxyl groups is 1. The monoisotopic (exact) mass is 251 g/mol. The third kappa shape index (κ3) is 3.70. The molecule has 0 spiro atoms. The van der Waals surface area contributed by atoms with E-state index in [-0.39, 0.29) is 12.2 Å². The van der Waals surface area contributed by atoms with Crippen molar-refractivity contribution in [3.05, 3.63) is 35.4 Å². The summed E-state index contributed by atoms with van der Waals surface area (Å²) in [5.74, 6) is 0.760. The molecule has 0 aliphatic heterocycles. The zero-order valence-corrected chi connectivity index (χ0v) is 11.0. The van der Waals surface area contributed by atoms with Gasteiger partial charge in [0, 0.05) is 32.0 Å². The molecule has 18 heavy (non-hydrogen) atoms. The van der Waals surface area contributed by atoms with Crippen molar-refractivity contribution in [2.45, 2.75) is 20.4 Å². The Kier molecular flexibility index (Phi) is 5.58. The van der Waals surface area contributed by atoms with E-state index < -0.39 is 0 Å². The minimum absolute atomic E-state index is 0.0198. The number of aliphatic hydroxyl groups excluding tert-OH is 1. The first-order valence-electron chi connectivity index (χ1n) is 6.12. The summed E-state index contributed by atoms with van der Waals surface area (Å²) < 4.78 is 1.65. The van der Waals surface area contributed by atoms with Gasteiger partial charge < -0.3 is 14.6 Å². The zero-order chi connectivity index (χ0) is 13.5. The van der Waals surface area contributed by atoms with E-state index in [1.165, 1.54) is 0 Å². The van der Waals surface area contributed by atoms with Gasteiger partial charge in [-0.3, -0.25) is 4.79 Å². The van der Waals surface area contributed by atoms with Crippen LogP contribution in [0.5, 0.6) is 0 Å². The largest absolute Gasteiger partial charge is 0.395 e. The van der Waals surface area contributed by atoms with Crippen LogP contribution in [0.3, 0.4) is 0 Å². The average molecular weight is 251 g/mol. The molecule has 1 heterocycles. The van der Waals surface area contributed by atoms with Crippen molar-refractivity contribution >= 4 is 5.82 Å². The highest BCUT2D eigenvalue weighted by Crippen LogP contribution is 2.04. The molecule has 1 rings (SSSR count). The number of nitrogens with zero attached hydrogens (tertiary/aromatic N) is 3. The van der Waals surface area contributed by atoms with E-state index in [0.29, 0.717) is 31.4 Å². The number of hydrogen-bond donors (Lipinski definition) is 1. The Labute approximate surface area is 107 Å². The first-order valence-corrected chi connectivity index (χ1v) is 6.12. The van der Waals surface area contributed by atoms with Gasteiger partial charge in [-0.05, 0) is 5.92 Å². The molecule has 0 radical (unpaired) electrons. The van der Waals surface area contributed by atoms with E-state index in [2.05, 4.69) is 25.4 Å². The molecule has 1 aromatic rings. The van der Waals surface area contributed by atoms with Crippen LogP contribution in [0.15, 0.2) is 29.8 Å².